The van der Waals surface area contributed by atoms with E-state index in [1.165, 1.54) is 4.90 Å². The molecule has 2 N–H and O–H groups in total. The van der Waals surface area contributed by atoms with Gasteiger partial charge in [0, 0.05) is 19.6 Å². The van der Waals surface area contributed by atoms with Crippen LogP contribution in [0.1, 0.15) is 92.4 Å². The lowest BCUT2D eigenvalue weighted by atomic mass is 9.79. The van der Waals surface area contributed by atoms with Crippen LogP contribution in [0.5, 0.6) is 0 Å². The number of esters is 1. The molecule has 1 aliphatic carbocycles. The predicted molar refractivity (Wildman–Crippen MR) is 152 cm³/mol. The maximum atomic E-state index is 13.5. The summed E-state index contributed by atoms with van der Waals surface area (Å²) in [5, 5.41) is 20.3. The SMILES string of the molecule is COC1CC(CC(C)C(C)OC(=O)C2CCCCN2C(=O)C(=O)C2(O)OC(C(C)C)CCC2C)CCC1OCCO. The maximum Gasteiger partial charge on any atom is 0.329 e. The lowest BCUT2D eigenvalue weighted by molar-refractivity contribution is -0.269. The highest BCUT2D eigenvalue weighted by atomic mass is 16.6. The topological polar surface area (TPSA) is 132 Å². The number of ketones is 1. The van der Waals surface area contributed by atoms with Gasteiger partial charge in [0.05, 0.1) is 31.5 Å². The second kappa shape index (κ2) is 15.2. The fourth-order valence-electron chi connectivity index (χ4n) is 6.60. The van der Waals surface area contributed by atoms with Crippen molar-refractivity contribution < 1.29 is 43.5 Å². The molecule has 9 unspecified atom stereocenters. The minimum Gasteiger partial charge on any atom is -0.461 e. The van der Waals surface area contributed by atoms with Crippen molar-refractivity contribution in [2.24, 2.45) is 23.7 Å². The minimum absolute atomic E-state index is 0.0131. The van der Waals surface area contributed by atoms with E-state index in [1.54, 1.807) is 14.0 Å². The van der Waals surface area contributed by atoms with Crippen LogP contribution < -0.4 is 0 Å². The van der Waals surface area contributed by atoms with E-state index >= 15 is 0 Å². The molecule has 10 heteroatoms. The third kappa shape index (κ3) is 8.28. The number of hydrogen-bond acceptors (Lipinski definition) is 9. The molecule has 3 aliphatic rings. The van der Waals surface area contributed by atoms with Crippen LogP contribution in [0.25, 0.3) is 0 Å². The monoisotopic (exact) mass is 583 g/mol. The summed E-state index contributed by atoms with van der Waals surface area (Å²) in [6.45, 7) is 10.1. The second-order valence-corrected chi connectivity index (χ2v) is 12.9. The van der Waals surface area contributed by atoms with Crippen molar-refractivity contribution >= 4 is 17.7 Å². The first-order chi connectivity index (χ1) is 19.4. The summed E-state index contributed by atoms with van der Waals surface area (Å²) in [5.41, 5.74) is 0. The molecule has 0 spiro atoms. The smallest absolute Gasteiger partial charge is 0.329 e. The number of Topliss-reactive ketones (excluding diaryl/α,β-unsaturated/α-hetero) is 1. The number of likely N-dealkylation sites (tertiary alicyclic amines) is 1. The van der Waals surface area contributed by atoms with E-state index in [2.05, 4.69) is 6.92 Å². The molecule has 2 aliphatic heterocycles. The van der Waals surface area contributed by atoms with Crippen LogP contribution in [-0.2, 0) is 33.3 Å². The van der Waals surface area contributed by atoms with Crippen LogP contribution in [0, 0.1) is 23.7 Å². The molecule has 0 bridgehead atoms. The van der Waals surface area contributed by atoms with Crippen LogP contribution in [-0.4, -0.2) is 95.9 Å². The Labute approximate surface area is 245 Å². The number of rotatable bonds is 12. The largest absolute Gasteiger partial charge is 0.461 e. The molecular formula is C31H53NO9. The van der Waals surface area contributed by atoms with Crippen LogP contribution in [0.15, 0.2) is 0 Å². The van der Waals surface area contributed by atoms with Gasteiger partial charge in [0.2, 0.25) is 5.79 Å². The average molecular weight is 584 g/mol. The Morgan fingerprint density at radius 2 is 1.76 bits per heavy atom. The zero-order valence-electron chi connectivity index (χ0n) is 25.9. The zero-order chi connectivity index (χ0) is 30.3. The second-order valence-electron chi connectivity index (χ2n) is 12.9. The fourth-order valence-corrected chi connectivity index (χ4v) is 6.60. The summed E-state index contributed by atoms with van der Waals surface area (Å²) in [4.78, 5) is 41.5. The Morgan fingerprint density at radius 1 is 1.02 bits per heavy atom. The first-order valence-electron chi connectivity index (χ1n) is 15.6. The lowest BCUT2D eigenvalue weighted by Crippen LogP contribution is -2.61. The molecule has 3 fully saturated rings. The molecular weight excluding hydrogens is 530 g/mol. The molecule has 41 heavy (non-hydrogen) atoms. The fraction of sp³-hybridized carbons (Fsp3) is 0.903. The molecule has 3 rings (SSSR count). The Balaban J connectivity index is 1.59. The van der Waals surface area contributed by atoms with Crippen LogP contribution in [0.4, 0.5) is 0 Å². The van der Waals surface area contributed by atoms with Gasteiger partial charge in [-0.15, -0.1) is 0 Å². The number of ether oxygens (including phenoxy) is 4. The molecule has 1 saturated carbocycles. The number of aliphatic hydroxyl groups excluding tert-OH is 1. The van der Waals surface area contributed by atoms with Crippen molar-refractivity contribution in [2.75, 3.05) is 26.9 Å². The number of carbonyl (C=O) groups is 3. The molecule has 9 atom stereocenters. The van der Waals surface area contributed by atoms with E-state index in [0.29, 0.717) is 38.2 Å². The van der Waals surface area contributed by atoms with E-state index < -0.39 is 35.4 Å². The number of amides is 1. The van der Waals surface area contributed by atoms with Crippen LogP contribution in [0.3, 0.4) is 0 Å². The Bertz CT molecular complexity index is 882. The highest BCUT2D eigenvalue weighted by molar-refractivity contribution is 6.39. The number of carbonyl (C=O) groups excluding carboxylic acids is 3. The predicted octanol–water partition coefficient (Wildman–Crippen LogP) is 3.25. The lowest BCUT2D eigenvalue weighted by Gasteiger charge is -2.43. The van der Waals surface area contributed by atoms with Gasteiger partial charge >= 0.3 is 5.97 Å². The summed E-state index contributed by atoms with van der Waals surface area (Å²) in [6, 6.07) is -0.866. The number of nitrogens with zero attached hydrogens (tertiary/aromatic N) is 1. The molecule has 0 aromatic rings. The molecule has 0 aromatic heterocycles. The van der Waals surface area contributed by atoms with E-state index in [0.717, 1.165) is 32.1 Å². The third-order valence-electron chi connectivity index (χ3n) is 9.56. The Morgan fingerprint density at radius 3 is 2.41 bits per heavy atom. The van der Waals surface area contributed by atoms with Crippen molar-refractivity contribution in [2.45, 2.75) is 129 Å². The first-order valence-corrected chi connectivity index (χ1v) is 15.6. The maximum absolute atomic E-state index is 13.5. The molecule has 2 saturated heterocycles. The van der Waals surface area contributed by atoms with Gasteiger partial charge in [-0.3, -0.25) is 9.59 Å². The molecule has 10 nitrogen and oxygen atoms in total. The van der Waals surface area contributed by atoms with Gasteiger partial charge < -0.3 is 34.1 Å². The van der Waals surface area contributed by atoms with Crippen molar-refractivity contribution in [1.82, 2.24) is 4.90 Å². The average Bonchev–Trinajstić information content (AvgIpc) is 2.96. The summed E-state index contributed by atoms with van der Waals surface area (Å²) in [7, 11) is 1.68. The highest BCUT2D eigenvalue weighted by Crippen LogP contribution is 2.37. The number of methoxy groups -OCH3 is 1. The van der Waals surface area contributed by atoms with Crippen molar-refractivity contribution in [3.63, 3.8) is 0 Å². The summed E-state index contributed by atoms with van der Waals surface area (Å²) < 4.78 is 23.1. The third-order valence-corrected chi connectivity index (χ3v) is 9.56. The number of piperidine rings is 1. The Hall–Kier alpha value is -1.59. The summed E-state index contributed by atoms with van der Waals surface area (Å²) in [5.74, 6) is -4.54. The van der Waals surface area contributed by atoms with Gasteiger partial charge in [-0.25, -0.2) is 4.79 Å². The van der Waals surface area contributed by atoms with E-state index in [9.17, 15) is 19.5 Å². The van der Waals surface area contributed by atoms with E-state index in [-0.39, 0.29) is 49.4 Å². The van der Waals surface area contributed by atoms with Crippen molar-refractivity contribution in [1.29, 1.82) is 0 Å². The van der Waals surface area contributed by atoms with Gasteiger partial charge in [-0.05, 0) is 82.5 Å². The quantitative estimate of drug-likeness (QED) is 0.262. The van der Waals surface area contributed by atoms with E-state index in [4.69, 9.17) is 24.1 Å². The van der Waals surface area contributed by atoms with Gasteiger partial charge in [0.15, 0.2) is 0 Å². The van der Waals surface area contributed by atoms with Crippen molar-refractivity contribution in [3.8, 4) is 0 Å². The minimum atomic E-state index is -2.19. The van der Waals surface area contributed by atoms with Gasteiger partial charge in [0.25, 0.3) is 11.7 Å². The van der Waals surface area contributed by atoms with E-state index in [1.807, 2.05) is 20.8 Å². The molecule has 236 valence electrons. The zero-order valence-corrected chi connectivity index (χ0v) is 25.9. The normalized spacial score (nSPS) is 34.2. The molecule has 1 amide bonds. The van der Waals surface area contributed by atoms with Crippen molar-refractivity contribution in [3.05, 3.63) is 0 Å². The van der Waals surface area contributed by atoms with Crippen LogP contribution >= 0.6 is 0 Å². The summed E-state index contributed by atoms with van der Waals surface area (Å²) in [6.07, 6.45) is 5.86. The number of aliphatic hydroxyl groups is 2. The highest BCUT2D eigenvalue weighted by Gasteiger charge is 2.53. The van der Waals surface area contributed by atoms with Gasteiger partial charge in [0.1, 0.15) is 12.1 Å². The van der Waals surface area contributed by atoms with Gasteiger partial charge in [-0.1, -0.05) is 27.7 Å². The molecule has 0 aromatic carbocycles. The molecule has 2 heterocycles. The first kappa shape index (κ1) is 33.9. The standard InChI is InChI=1S/C31H53NO9/c1-19(2)25-12-10-21(4)31(37,41-25)28(34)29(35)32-14-8-7-9-24(32)30(36)40-22(5)20(3)17-23-11-13-26(39-16-15-33)27(18-23)38-6/h19-27,33,37H,7-18H2,1-6H3. The Kier molecular flexibility index (Phi) is 12.6. The number of hydrogen-bond donors (Lipinski definition) is 2. The van der Waals surface area contributed by atoms with Crippen LogP contribution in [0.2, 0.25) is 0 Å². The molecule has 0 radical (unpaired) electrons. The van der Waals surface area contributed by atoms with Gasteiger partial charge in [-0.2, -0.15) is 0 Å². The summed E-state index contributed by atoms with van der Waals surface area (Å²) >= 11 is 0.